The van der Waals surface area contributed by atoms with E-state index in [-0.39, 0.29) is 22.2 Å². The Bertz CT molecular complexity index is 1440. The molecular weight excluding hydrogens is 446 g/mol. The first-order valence-electron chi connectivity index (χ1n) is 9.86. The minimum Gasteiger partial charge on any atom is -0.507 e. The first-order valence-corrected chi connectivity index (χ1v) is 11.3. The Morgan fingerprint density at radius 1 is 1.06 bits per heavy atom. The second-order valence-electron chi connectivity index (χ2n) is 7.49. The number of aromatic amines is 1. The van der Waals surface area contributed by atoms with Crippen molar-refractivity contribution < 1.29 is 22.8 Å². The number of anilines is 2. The maximum Gasteiger partial charge on any atom is 0.273 e. The van der Waals surface area contributed by atoms with Crippen LogP contribution in [0.3, 0.4) is 0 Å². The van der Waals surface area contributed by atoms with Crippen molar-refractivity contribution in [1.82, 2.24) is 15.4 Å². The third kappa shape index (κ3) is 4.58. The molecule has 0 saturated carbocycles. The molecule has 1 amide bonds. The summed E-state index contributed by atoms with van der Waals surface area (Å²) in [5, 5.41) is 23.2. The number of rotatable bonds is 6. The number of aromatic hydroxyl groups is 1. The first kappa shape index (κ1) is 22.1. The summed E-state index contributed by atoms with van der Waals surface area (Å²) in [7, 11) is -3.89. The third-order valence-corrected chi connectivity index (χ3v) is 6.41. The Hall–Kier alpha value is -4.12. The number of carbonyl (C=O) groups is 1. The van der Waals surface area contributed by atoms with Crippen molar-refractivity contribution in [3.63, 3.8) is 0 Å². The van der Waals surface area contributed by atoms with Crippen LogP contribution in [0.1, 0.15) is 27.3 Å². The van der Waals surface area contributed by atoms with E-state index in [9.17, 15) is 18.3 Å². The number of sulfonamides is 1. The second kappa shape index (κ2) is 8.43. The largest absolute Gasteiger partial charge is 0.507 e. The van der Waals surface area contributed by atoms with E-state index in [4.69, 9.17) is 4.52 Å². The van der Waals surface area contributed by atoms with Crippen LogP contribution in [0.25, 0.3) is 11.3 Å². The minimum atomic E-state index is -3.89. The molecule has 0 fully saturated rings. The van der Waals surface area contributed by atoms with Crippen molar-refractivity contribution in [2.45, 2.75) is 25.7 Å². The van der Waals surface area contributed by atoms with Crippen LogP contribution in [-0.4, -0.2) is 34.8 Å². The van der Waals surface area contributed by atoms with E-state index < -0.39 is 15.9 Å². The molecule has 2 aromatic heterocycles. The molecule has 4 rings (SSSR count). The van der Waals surface area contributed by atoms with Crippen molar-refractivity contribution in [2.75, 3.05) is 10.0 Å². The van der Waals surface area contributed by atoms with Crippen LogP contribution in [-0.2, 0) is 10.0 Å². The summed E-state index contributed by atoms with van der Waals surface area (Å²) in [6, 6.07) is 12.3. The number of aryl methyl sites for hydroxylation is 2. The van der Waals surface area contributed by atoms with Crippen LogP contribution in [0, 0.1) is 20.8 Å². The Kier molecular flexibility index (Phi) is 5.64. The van der Waals surface area contributed by atoms with Crippen molar-refractivity contribution in [3.8, 4) is 17.0 Å². The number of benzene rings is 2. The molecule has 0 radical (unpaired) electrons. The zero-order valence-corrected chi connectivity index (χ0v) is 18.8. The highest BCUT2D eigenvalue weighted by atomic mass is 32.2. The molecule has 33 heavy (non-hydrogen) atoms. The number of carbonyl (C=O) groups excluding carboxylic acids is 1. The molecule has 0 atom stereocenters. The van der Waals surface area contributed by atoms with Crippen LogP contribution in [0.5, 0.6) is 5.75 Å². The van der Waals surface area contributed by atoms with Gasteiger partial charge in [-0.15, -0.1) is 0 Å². The van der Waals surface area contributed by atoms with Gasteiger partial charge in [0.05, 0.1) is 16.3 Å². The van der Waals surface area contributed by atoms with E-state index in [1.165, 1.54) is 30.3 Å². The van der Waals surface area contributed by atoms with Gasteiger partial charge >= 0.3 is 0 Å². The van der Waals surface area contributed by atoms with Gasteiger partial charge in [0, 0.05) is 16.8 Å². The average Bonchev–Trinajstić information content (AvgIpc) is 3.37. The predicted molar refractivity (Wildman–Crippen MR) is 122 cm³/mol. The number of H-pyrrole nitrogens is 1. The van der Waals surface area contributed by atoms with Crippen LogP contribution in [0.15, 0.2) is 57.9 Å². The molecule has 4 N–H and O–H groups in total. The highest BCUT2D eigenvalue weighted by molar-refractivity contribution is 7.92. The number of hydrogen-bond donors (Lipinski definition) is 4. The maximum atomic E-state index is 12.6. The molecule has 2 aromatic carbocycles. The van der Waals surface area contributed by atoms with E-state index in [1.54, 1.807) is 26.0 Å². The Balaban J connectivity index is 1.46. The molecule has 11 heteroatoms. The zero-order valence-electron chi connectivity index (χ0n) is 18.0. The highest BCUT2D eigenvalue weighted by Gasteiger charge is 2.19. The number of hydrogen-bond acceptors (Lipinski definition) is 7. The Morgan fingerprint density at radius 2 is 1.79 bits per heavy atom. The lowest BCUT2D eigenvalue weighted by Gasteiger charge is -2.08. The van der Waals surface area contributed by atoms with Gasteiger partial charge in [-0.25, -0.2) is 13.1 Å². The molecule has 170 valence electrons. The number of amides is 1. The quantitative estimate of drug-likeness (QED) is 0.337. The standard InChI is InChI=1S/C22H21N5O5S/c1-12-4-9-17(20(28)10-12)18-11-19(25-24-18)21(29)23-15-5-7-16(8-6-15)33(30,31)27-22-13(2)14(3)26-32-22/h4-11,27-28H,1-3H3,(H,23,29)(H,24,25). The summed E-state index contributed by atoms with van der Waals surface area (Å²) in [5.41, 5.74) is 3.57. The normalized spacial score (nSPS) is 11.4. The summed E-state index contributed by atoms with van der Waals surface area (Å²) in [6.07, 6.45) is 0. The second-order valence-corrected chi connectivity index (χ2v) is 9.18. The fourth-order valence-electron chi connectivity index (χ4n) is 3.04. The van der Waals surface area contributed by atoms with Crippen molar-refractivity contribution in [3.05, 3.63) is 71.0 Å². The molecule has 4 aromatic rings. The van der Waals surface area contributed by atoms with Gasteiger partial charge in [0.25, 0.3) is 15.9 Å². The summed E-state index contributed by atoms with van der Waals surface area (Å²) in [6.45, 7) is 5.26. The number of phenols is 1. The van der Waals surface area contributed by atoms with Crippen molar-refractivity contribution >= 4 is 27.5 Å². The lowest BCUT2D eigenvalue weighted by atomic mass is 10.1. The fraction of sp³-hybridized carbons (Fsp3) is 0.136. The SMILES string of the molecule is Cc1ccc(-c2cc(C(=O)Nc3ccc(S(=O)(=O)Nc4onc(C)c4C)cc3)[nH]n2)c(O)c1. The van der Waals surface area contributed by atoms with Crippen molar-refractivity contribution in [2.24, 2.45) is 0 Å². The summed E-state index contributed by atoms with van der Waals surface area (Å²) >= 11 is 0. The van der Waals surface area contributed by atoms with Gasteiger partial charge in [0.15, 0.2) is 0 Å². The van der Waals surface area contributed by atoms with Gasteiger partial charge in [-0.3, -0.25) is 9.89 Å². The summed E-state index contributed by atoms with van der Waals surface area (Å²) in [5.74, 6) is -0.351. The summed E-state index contributed by atoms with van der Waals surface area (Å²) < 4.78 is 32.5. The number of nitrogens with one attached hydrogen (secondary N) is 3. The molecule has 0 aliphatic rings. The monoisotopic (exact) mass is 467 g/mol. The molecule has 0 saturated heterocycles. The minimum absolute atomic E-state index is 0.00683. The molecule has 2 heterocycles. The Labute approximate surface area is 189 Å². The topological polar surface area (TPSA) is 150 Å². The fourth-order valence-corrected chi connectivity index (χ4v) is 4.09. The molecule has 0 bridgehead atoms. The van der Waals surface area contributed by atoms with Crippen molar-refractivity contribution in [1.29, 1.82) is 0 Å². The molecular formula is C22H21N5O5S. The van der Waals surface area contributed by atoms with Gasteiger partial charge in [0.2, 0.25) is 5.88 Å². The van der Waals surface area contributed by atoms with Crippen LogP contribution >= 0.6 is 0 Å². The molecule has 0 spiro atoms. The van der Waals surface area contributed by atoms with Gasteiger partial charge in [-0.1, -0.05) is 11.2 Å². The van der Waals surface area contributed by atoms with Gasteiger partial charge < -0.3 is 14.9 Å². The van der Waals surface area contributed by atoms with Crippen LogP contribution < -0.4 is 10.0 Å². The molecule has 0 aliphatic carbocycles. The molecule has 0 unspecified atom stereocenters. The predicted octanol–water partition coefficient (Wildman–Crippen LogP) is 3.75. The van der Waals surface area contributed by atoms with Gasteiger partial charge in [-0.2, -0.15) is 5.10 Å². The van der Waals surface area contributed by atoms with E-state index in [0.29, 0.717) is 28.2 Å². The van der Waals surface area contributed by atoms with Crippen LogP contribution in [0.2, 0.25) is 0 Å². The first-order chi connectivity index (χ1) is 15.6. The van der Waals surface area contributed by atoms with E-state index in [2.05, 4.69) is 25.4 Å². The lowest BCUT2D eigenvalue weighted by Crippen LogP contribution is -2.14. The smallest absolute Gasteiger partial charge is 0.273 e. The molecule has 10 nitrogen and oxygen atoms in total. The van der Waals surface area contributed by atoms with E-state index in [1.807, 2.05) is 13.0 Å². The number of aromatic nitrogens is 3. The van der Waals surface area contributed by atoms with Crippen LogP contribution in [0.4, 0.5) is 11.6 Å². The van der Waals surface area contributed by atoms with E-state index >= 15 is 0 Å². The van der Waals surface area contributed by atoms with E-state index in [0.717, 1.165) is 5.56 Å². The van der Waals surface area contributed by atoms with Gasteiger partial charge in [0.1, 0.15) is 11.4 Å². The highest BCUT2D eigenvalue weighted by Crippen LogP contribution is 2.29. The molecule has 0 aliphatic heterocycles. The number of nitrogens with zero attached hydrogens (tertiary/aromatic N) is 2. The third-order valence-electron chi connectivity index (χ3n) is 5.06. The average molecular weight is 468 g/mol. The Morgan fingerprint density at radius 3 is 2.42 bits per heavy atom. The number of phenolic OH excluding ortho intramolecular Hbond substituents is 1. The lowest BCUT2D eigenvalue weighted by molar-refractivity contribution is 0.102. The zero-order chi connectivity index (χ0) is 23.8. The van der Waals surface area contributed by atoms with Gasteiger partial charge in [-0.05, 0) is 68.8 Å². The summed E-state index contributed by atoms with van der Waals surface area (Å²) in [4.78, 5) is 12.6. The maximum absolute atomic E-state index is 12.6.